The topological polar surface area (TPSA) is 65.8 Å². The molecule has 1 atom stereocenters. The van der Waals surface area contributed by atoms with E-state index in [0.29, 0.717) is 19.8 Å². The summed E-state index contributed by atoms with van der Waals surface area (Å²) in [6.45, 7) is 1.88. The highest BCUT2D eigenvalue weighted by molar-refractivity contribution is 5.52. The molecule has 2 heterocycles. The Labute approximate surface area is 94.3 Å². The van der Waals surface area contributed by atoms with Crippen LogP contribution in [-0.2, 0) is 11.3 Å². The molecule has 1 aromatic rings. The summed E-state index contributed by atoms with van der Waals surface area (Å²) in [7, 11) is 0. The van der Waals surface area contributed by atoms with Crippen molar-refractivity contribution in [2.24, 2.45) is 0 Å². The third-order valence-corrected chi connectivity index (χ3v) is 2.81. The van der Waals surface area contributed by atoms with Gasteiger partial charge in [0.1, 0.15) is 0 Å². The van der Waals surface area contributed by atoms with Crippen LogP contribution in [0.15, 0.2) is 18.5 Å². The Morgan fingerprint density at radius 1 is 1.50 bits per heavy atom. The fourth-order valence-electron chi connectivity index (χ4n) is 1.93. The number of aromatic nitrogens is 1. The van der Waals surface area contributed by atoms with Gasteiger partial charge in [0.15, 0.2) is 0 Å². The number of morpholine rings is 1. The number of rotatable bonds is 3. The Morgan fingerprint density at radius 2 is 2.38 bits per heavy atom. The van der Waals surface area contributed by atoms with Gasteiger partial charge < -0.3 is 19.8 Å². The molecular formula is C11H16N2O3. The van der Waals surface area contributed by atoms with Crippen LogP contribution in [0, 0.1) is 0 Å². The molecule has 2 N–H and O–H groups in total. The minimum atomic E-state index is -0.0525. The number of anilines is 1. The van der Waals surface area contributed by atoms with Gasteiger partial charge in [0.25, 0.3) is 0 Å². The predicted molar refractivity (Wildman–Crippen MR) is 59.2 cm³/mol. The van der Waals surface area contributed by atoms with E-state index in [1.807, 2.05) is 4.90 Å². The fraction of sp³-hybridized carbons (Fsp3) is 0.545. The molecule has 0 radical (unpaired) electrons. The molecule has 1 aliphatic rings. The molecule has 16 heavy (non-hydrogen) atoms. The SMILES string of the molecule is OCc1ccncc1N1CCOCC1CO. The van der Waals surface area contributed by atoms with E-state index in [1.54, 1.807) is 18.5 Å². The highest BCUT2D eigenvalue weighted by Crippen LogP contribution is 2.23. The van der Waals surface area contributed by atoms with Gasteiger partial charge in [-0.15, -0.1) is 0 Å². The summed E-state index contributed by atoms with van der Waals surface area (Å²) in [4.78, 5) is 6.11. The first-order chi connectivity index (χ1) is 7.86. The molecule has 1 saturated heterocycles. The standard InChI is InChI=1S/C11H16N2O3/c14-6-9-1-2-12-5-11(9)13-3-4-16-8-10(13)7-15/h1-2,5,10,14-15H,3-4,6-8H2. The molecule has 0 amide bonds. The molecule has 0 bridgehead atoms. The average molecular weight is 224 g/mol. The molecular weight excluding hydrogens is 208 g/mol. The minimum absolute atomic E-state index is 0.0205. The molecule has 1 fully saturated rings. The van der Waals surface area contributed by atoms with Gasteiger partial charge in [-0.3, -0.25) is 4.98 Å². The molecule has 1 unspecified atom stereocenters. The first-order valence-electron chi connectivity index (χ1n) is 5.35. The second-order valence-electron chi connectivity index (χ2n) is 3.77. The number of hydrogen-bond donors (Lipinski definition) is 2. The van der Waals surface area contributed by atoms with Crippen molar-refractivity contribution in [1.29, 1.82) is 0 Å². The molecule has 0 saturated carbocycles. The molecule has 0 aliphatic carbocycles. The molecule has 1 aromatic heterocycles. The fourth-order valence-corrected chi connectivity index (χ4v) is 1.93. The normalized spacial score (nSPS) is 21.1. The molecule has 2 rings (SSSR count). The lowest BCUT2D eigenvalue weighted by Gasteiger charge is -2.37. The Hall–Kier alpha value is -1.17. The Balaban J connectivity index is 2.26. The average Bonchev–Trinajstić information content (AvgIpc) is 2.38. The van der Waals surface area contributed by atoms with Crippen LogP contribution in [0.2, 0.25) is 0 Å². The summed E-state index contributed by atoms with van der Waals surface area (Å²) in [6, 6.07) is 1.74. The van der Waals surface area contributed by atoms with Crippen molar-refractivity contribution in [3.05, 3.63) is 24.0 Å². The number of aliphatic hydroxyl groups is 2. The second kappa shape index (κ2) is 5.25. The van der Waals surface area contributed by atoms with E-state index in [9.17, 15) is 10.2 Å². The van der Waals surface area contributed by atoms with Gasteiger partial charge in [-0.1, -0.05) is 0 Å². The van der Waals surface area contributed by atoms with Crippen LogP contribution in [0.3, 0.4) is 0 Å². The van der Waals surface area contributed by atoms with Crippen molar-refractivity contribution in [2.75, 3.05) is 31.3 Å². The summed E-state index contributed by atoms with van der Waals surface area (Å²) < 4.78 is 5.31. The highest BCUT2D eigenvalue weighted by Gasteiger charge is 2.24. The van der Waals surface area contributed by atoms with Crippen LogP contribution in [0.5, 0.6) is 0 Å². The van der Waals surface area contributed by atoms with Gasteiger partial charge in [-0.2, -0.15) is 0 Å². The number of hydrogen-bond acceptors (Lipinski definition) is 5. The Morgan fingerprint density at radius 3 is 3.12 bits per heavy atom. The first kappa shape index (κ1) is 11.3. The lowest BCUT2D eigenvalue weighted by Crippen LogP contribution is -2.48. The zero-order valence-electron chi connectivity index (χ0n) is 9.04. The van der Waals surface area contributed by atoms with Gasteiger partial charge in [-0.05, 0) is 6.07 Å². The molecule has 1 aliphatic heterocycles. The lowest BCUT2D eigenvalue weighted by atomic mass is 10.1. The van der Waals surface area contributed by atoms with E-state index in [1.165, 1.54) is 0 Å². The third kappa shape index (κ3) is 2.16. The van der Waals surface area contributed by atoms with Crippen LogP contribution in [0.4, 0.5) is 5.69 Å². The summed E-state index contributed by atoms with van der Waals surface area (Å²) in [5, 5.41) is 18.5. The Bertz CT molecular complexity index is 346. The molecule has 5 heteroatoms. The van der Waals surface area contributed by atoms with Gasteiger partial charge in [-0.25, -0.2) is 0 Å². The van der Waals surface area contributed by atoms with E-state index in [2.05, 4.69) is 4.98 Å². The smallest absolute Gasteiger partial charge is 0.0756 e. The van der Waals surface area contributed by atoms with Crippen LogP contribution in [0.1, 0.15) is 5.56 Å². The monoisotopic (exact) mass is 224 g/mol. The molecule has 0 aromatic carbocycles. The zero-order valence-corrected chi connectivity index (χ0v) is 9.04. The highest BCUT2D eigenvalue weighted by atomic mass is 16.5. The van der Waals surface area contributed by atoms with Crippen molar-refractivity contribution in [2.45, 2.75) is 12.6 Å². The van der Waals surface area contributed by atoms with Gasteiger partial charge in [0, 0.05) is 18.3 Å². The van der Waals surface area contributed by atoms with E-state index < -0.39 is 0 Å². The van der Waals surface area contributed by atoms with Crippen LogP contribution >= 0.6 is 0 Å². The van der Waals surface area contributed by atoms with E-state index in [0.717, 1.165) is 11.3 Å². The van der Waals surface area contributed by atoms with Crippen molar-refractivity contribution < 1.29 is 14.9 Å². The second-order valence-corrected chi connectivity index (χ2v) is 3.77. The van der Waals surface area contributed by atoms with Gasteiger partial charge in [0.2, 0.25) is 0 Å². The first-order valence-corrected chi connectivity index (χ1v) is 5.35. The number of pyridine rings is 1. The minimum Gasteiger partial charge on any atom is -0.394 e. The third-order valence-electron chi connectivity index (χ3n) is 2.81. The summed E-state index contributed by atoms with van der Waals surface area (Å²) in [5.41, 5.74) is 1.71. The quantitative estimate of drug-likeness (QED) is 0.742. The summed E-state index contributed by atoms with van der Waals surface area (Å²) >= 11 is 0. The van der Waals surface area contributed by atoms with E-state index in [-0.39, 0.29) is 19.3 Å². The maximum Gasteiger partial charge on any atom is 0.0756 e. The number of ether oxygens (including phenoxy) is 1. The van der Waals surface area contributed by atoms with Crippen molar-refractivity contribution >= 4 is 5.69 Å². The van der Waals surface area contributed by atoms with Crippen molar-refractivity contribution in [1.82, 2.24) is 4.98 Å². The van der Waals surface area contributed by atoms with Gasteiger partial charge in [0.05, 0.1) is 44.4 Å². The molecule has 5 nitrogen and oxygen atoms in total. The maximum atomic E-state index is 9.28. The Kier molecular flexibility index (Phi) is 3.71. The van der Waals surface area contributed by atoms with Crippen LogP contribution in [0.25, 0.3) is 0 Å². The van der Waals surface area contributed by atoms with Gasteiger partial charge >= 0.3 is 0 Å². The van der Waals surface area contributed by atoms with Crippen molar-refractivity contribution in [3.8, 4) is 0 Å². The van der Waals surface area contributed by atoms with Crippen LogP contribution < -0.4 is 4.90 Å². The van der Waals surface area contributed by atoms with Crippen LogP contribution in [-0.4, -0.2) is 47.6 Å². The van der Waals surface area contributed by atoms with E-state index >= 15 is 0 Å². The number of nitrogens with zero attached hydrogens (tertiary/aromatic N) is 2. The maximum absolute atomic E-state index is 9.28. The largest absolute Gasteiger partial charge is 0.394 e. The summed E-state index contributed by atoms with van der Waals surface area (Å²) in [5.74, 6) is 0. The lowest BCUT2D eigenvalue weighted by molar-refractivity contribution is 0.0724. The molecule has 88 valence electrons. The summed E-state index contributed by atoms with van der Waals surface area (Å²) in [6.07, 6.45) is 3.38. The number of aliphatic hydroxyl groups excluding tert-OH is 2. The van der Waals surface area contributed by atoms with Crippen molar-refractivity contribution in [3.63, 3.8) is 0 Å². The molecule has 0 spiro atoms. The predicted octanol–water partition coefficient (Wildman–Crippen LogP) is -0.229. The van der Waals surface area contributed by atoms with E-state index in [4.69, 9.17) is 4.74 Å². The zero-order chi connectivity index (χ0) is 11.4.